The van der Waals surface area contributed by atoms with Crippen molar-refractivity contribution in [3.05, 3.63) is 54.5 Å². The van der Waals surface area contributed by atoms with E-state index in [0.29, 0.717) is 31.2 Å². The molecule has 9 heteroatoms. The Labute approximate surface area is 228 Å². The first-order valence-corrected chi connectivity index (χ1v) is 14.0. The van der Waals surface area contributed by atoms with Gasteiger partial charge in [0.2, 0.25) is 5.95 Å². The fourth-order valence-electron chi connectivity index (χ4n) is 5.71. The fraction of sp³-hybridized carbons (Fsp3) is 0.433. The van der Waals surface area contributed by atoms with Crippen molar-refractivity contribution >= 4 is 17.3 Å². The highest BCUT2D eigenvalue weighted by atomic mass is 19.1. The third-order valence-corrected chi connectivity index (χ3v) is 7.69. The summed E-state index contributed by atoms with van der Waals surface area (Å²) >= 11 is 0. The summed E-state index contributed by atoms with van der Waals surface area (Å²) in [6, 6.07) is 13.1. The van der Waals surface area contributed by atoms with Gasteiger partial charge in [-0.25, -0.2) is 18.9 Å². The summed E-state index contributed by atoms with van der Waals surface area (Å²) in [6.07, 6.45) is 11.2. The number of anilines is 2. The van der Waals surface area contributed by atoms with Crippen molar-refractivity contribution in [2.24, 2.45) is 0 Å². The Morgan fingerprint density at radius 1 is 0.923 bits per heavy atom. The van der Waals surface area contributed by atoms with E-state index in [1.165, 1.54) is 37.8 Å². The monoisotopic (exact) mass is 530 g/mol. The molecule has 2 aliphatic rings. The molecule has 0 amide bonds. The molecule has 6 rings (SSSR count). The molecule has 1 aromatic carbocycles. The minimum absolute atomic E-state index is 0.286. The normalized spacial score (nSPS) is 16.3. The summed E-state index contributed by atoms with van der Waals surface area (Å²) < 4.78 is 27.1. The lowest BCUT2D eigenvalue weighted by Crippen LogP contribution is -2.17. The minimum atomic E-state index is -0.286. The lowest BCUT2D eigenvalue weighted by atomic mass is 10.0. The second-order valence-electron chi connectivity index (χ2n) is 10.5. The molecule has 0 radical (unpaired) electrons. The van der Waals surface area contributed by atoms with E-state index in [-0.39, 0.29) is 5.82 Å². The molecule has 204 valence electrons. The van der Waals surface area contributed by atoms with Crippen LogP contribution in [0.3, 0.4) is 0 Å². The van der Waals surface area contributed by atoms with Crippen molar-refractivity contribution in [1.82, 2.24) is 19.6 Å². The van der Waals surface area contributed by atoms with Crippen molar-refractivity contribution in [2.45, 2.75) is 63.5 Å². The number of fused-ring (bicyclic) bond motifs is 1. The third-order valence-electron chi connectivity index (χ3n) is 7.69. The molecule has 0 unspecified atom stereocenters. The van der Waals surface area contributed by atoms with Crippen LogP contribution in [0.1, 0.15) is 51.4 Å². The average Bonchev–Trinajstić information content (AvgIpc) is 3.71. The molecular formula is C30H35FN6O2. The maximum absolute atomic E-state index is 13.9. The summed E-state index contributed by atoms with van der Waals surface area (Å²) in [5.74, 6) is 1.91. The molecule has 0 spiro atoms. The second kappa shape index (κ2) is 11.6. The maximum Gasteiger partial charge on any atom is 0.223 e. The Morgan fingerprint density at radius 3 is 2.36 bits per heavy atom. The number of pyridine rings is 1. The van der Waals surface area contributed by atoms with Crippen LogP contribution in [0.5, 0.6) is 5.75 Å². The first-order valence-electron chi connectivity index (χ1n) is 14.0. The number of hydrogen-bond acceptors (Lipinski definition) is 7. The van der Waals surface area contributed by atoms with Gasteiger partial charge >= 0.3 is 0 Å². The molecule has 0 aliphatic heterocycles. The van der Waals surface area contributed by atoms with E-state index in [0.717, 1.165) is 65.3 Å². The van der Waals surface area contributed by atoms with Gasteiger partial charge in [-0.2, -0.15) is 5.10 Å². The van der Waals surface area contributed by atoms with Gasteiger partial charge < -0.3 is 20.1 Å². The summed E-state index contributed by atoms with van der Waals surface area (Å²) in [6.45, 7) is 0.929. The van der Waals surface area contributed by atoms with E-state index in [2.05, 4.69) is 15.6 Å². The first-order chi connectivity index (χ1) is 19.2. The van der Waals surface area contributed by atoms with Crippen LogP contribution in [0.15, 0.2) is 48.7 Å². The number of benzene rings is 1. The number of halogens is 1. The van der Waals surface area contributed by atoms with Gasteiger partial charge in [0.1, 0.15) is 29.7 Å². The second-order valence-corrected chi connectivity index (χ2v) is 10.5. The van der Waals surface area contributed by atoms with E-state index in [4.69, 9.17) is 19.6 Å². The predicted molar refractivity (Wildman–Crippen MR) is 151 cm³/mol. The lowest BCUT2D eigenvalue weighted by molar-refractivity contribution is 0.146. The molecule has 8 nitrogen and oxygen atoms in total. The molecule has 0 bridgehead atoms. The van der Waals surface area contributed by atoms with Crippen LogP contribution in [-0.4, -0.2) is 52.0 Å². The summed E-state index contributed by atoms with van der Waals surface area (Å²) in [5, 5.41) is 12.3. The predicted octanol–water partition coefficient (Wildman–Crippen LogP) is 6.33. The lowest BCUT2D eigenvalue weighted by Gasteiger charge is -2.16. The topological polar surface area (TPSA) is 85.6 Å². The van der Waals surface area contributed by atoms with Crippen LogP contribution < -0.4 is 15.4 Å². The van der Waals surface area contributed by atoms with Gasteiger partial charge in [-0.3, -0.25) is 0 Å². The van der Waals surface area contributed by atoms with Crippen LogP contribution in [0.2, 0.25) is 0 Å². The Morgan fingerprint density at radius 2 is 1.64 bits per heavy atom. The van der Waals surface area contributed by atoms with E-state index < -0.39 is 0 Å². The van der Waals surface area contributed by atoms with Crippen molar-refractivity contribution in [3.8, 4) is 28.3 Å². The smallest absolute Gasteiger partial charge is 0.223 e. The van der Waals surface area contributed by atoms with Crippen LogP contribution in [0.25, 0.3) is 28.0 Å². The number of hydrogen-bond donors (Lipinski definition) is 2. The number of aromatic nitrogens is 4. The number of nitrogens with zero attached hydrogens (tertiary/aromatic N) is 4. The molecule has 2 aliphatic carbocycles. The van der Waals surface area contributed by atoms with Gasteiger partial charge in [0.05, 0.1) is 23.4 Å². The molecule has 3 aromatic heterocycles. The number of rotatable bonds is 10. The summed E-state index contributed by atoms with van der Waals surface area (Å²) in [5.41, 5.74) is 4.00. The molecule has 2 fully saturated rings. The van der Waals surface area contributed by atoms with E-state index >= 15 is 0 Å². The van der Waals surface area contributed by atoms with E-state index in [9.17, 15) is 4.39 Å². The zero-order chi connectivity index (χ0) is 26.6. The average molecular weight is 531 g/mol. The third kappa shape index (κ3) is 5.68. The Bertz CT molecular complexity index is 1410. The molecule has 39 heavy (non-hydrogen) atoms. The molecule has 2 saturated carbocycles. The molecule has 4 aromatic rings. The quantitative estimate of drug-likeness (QED) is 0.232. The first kappa shape index (κ1) is 25.6. The SMILES string of the molecule is COCCOc1cc(NC2CCCC2)n2nc(-c3ccc(F)cc3)c(-c3ccnc(NC4CCCC4)n3)c2c1. The maximum atomic E-state index is 13.9. The van der Waals surface area contributed by atoms with Gasteiger partial charge in [-0.05, 0) is 56.0 Å². The minimum Gasteiger partial charge on any atom is -0.491 e. The highest BCUT2D eigenvalue weighted by Crippen LogP contribution is 2.38. The number of ether oxygens (including phenoxy) is 2. The van der Waals surface area contributed by atoms with E-state index in [1.807, 2.05) is 22.7 Å². The summed E-state index contributed by atoms with van der Waals surface area (Å²) in [7, 11) is 1.66. The zero-order valence-electron chi connectivity index (χ0n) is 22.3. The van der Waals surface area contributed by atoms with Crippen molar-refractivity contribution < 1.29 is 13.9 Å². The molecule has 0 saturated heterocycles. The van der Waals surface area contributed by atoms with E-state index in [1.54, 1.807) is 25.4 Å². The number of nitrogens with one attached hydrogen (secondary N) is 2. The highest BCUT2D eigenvalue weighted by Gasteiger charge is 2.24. The van der Waals surface area contributed by atoms with Gasteiger partial charge in [-0.15, -0.1) is 0 Å². The zero-order valence-corrected chi connectivity index (χ0v) is 22.3. The molecule has 0 atom stereocenters. The molecule has 3 heterocycles. The van der Waals surface area contributed by atoms with Crippen molar-refractivity contribution in [2.75, 3.05) is 31.0 Å². The Kier molecular flexibility index (Phi) is 7.58. The summed E-state index contributed by atoms with van der Waals surface area (Å²) in [4.78, 5) is 9.45. The fourth-order valence-corrected chi connectivity index (χ4v) is 5.71. The van der Waals surface area contributed by atoms with Crippen LogP contribution >= 0.6 is 0 Å². The van der Waals surface area contributed by atoms with Gasteiger partial charge in [-0.1, -0.05) is 25.7 Å². The molecular weight excluding hydrogens is 495 g/mol. The van der Waals surface area contributed by atoms with Gasteiger partial charge in [0.25, 0.3) is 0 Å². The van der Waals surface area contributed by atoms with Crippen LogP contribution in [0, 0.1) is 5.82 Å². The van der Waals surface area contributed by atoms with Gasteiger partial charge in [0.15, 0.2) is 0 Å². The van der Waals surface area contributed by atoms with Crippen LogP contribution in [-0.2, 0) is 4.74 Å². The van der Waals surface area contributed by atoms with Crippen LogP contribution in [0.4, 0.5) is 16.2 Å². The Hall–Kier alpha value is -3.72. The largest absolute Gasteiger partial charge is 0.491 e. The number of methoxy groups -OCH3 is 1. The highest BCUT2D eigenvalue weighted by molar-refractivity contribution is 5.92. The standard InChI is InChI=1S/C30H35FN6O2/c1-38-16-17-39-24-18-26-28(25-14-15-32-30(35-25)34-23-8-4-5-9-23)29(20-10-12-21(31)13-11-20)36-37(26)27(19-24)33-22-6-2-3-7-22/h10-15,18-19,22-23,33H,2-9,16-17H2,1H3,(H,32,34,35). The van der Waals surface area contributed by atoms with Crippen molar-refractivity contribution in [1.29, 1.82) is 0 Å². The molecule has 2 N–H and O–H groups in total. The van der Waals surface area contributed by atoms with Gasteiger partial charge in [0, 0.05) is 43.1 Å². The van der Waals surface area contributed by atoms with Crippen molar-refractivity contribution in [3.63, 3.8) is 0 Å². The Balaban J connectivity index is 1.50.